The van der Waals surface area contributed by atoms with Crippen LogP contribution in [-0.4, -0.2) is 20.1 Å². The molecule has 0 aromatic rings. The van der Waals surface area contributed by atoms with Gasteiger partial charge in [0.25, 0.3) is 0 Å². The fourth-order valence-electron chi connectivity index (χ4n) is 0.767. The predicted molar refractivity (Wildman–Crippen MR) is 39.6 cm³/mol. The summed E-state index contributed by atoms with van der Waals surface area (Å²) in [6, 6.07) is 0. The molecule has 1 heteroatoms. The van der Waals surface area contributed by atoms with E-state index in [-0.39, 0.29) is 0 Å². The number of hydrogen-bond donors (Lipinski definition) is 0. The molecular weight excluding hydrogens is 159 g/mol. The Balaban J connectivity index is 2.85. The van der Waals surface area contributed by atoms with Crippen LogP contribution in [-0.2, 0) is 0 Å². The maximum atomic E-state index is 2.41. The Morgan fingerprint density at radius 2 is 2.12 bits per heavy atom. The molecule has 0 spiro atoms. The molecule has 0 nitrogen and oxygen atoms in total. The van der Waals surface area contributed by atoms with Crippen LogP contribution in [0.3, 0.4) is 0 Å². The van der Waals surface area contributed by atoms with E-state index in [1.54, 1.807) is 5.57 Å². The Morgan fingerprint density at radius 1 is 1.50 bits per heavy atom. The second-order valence-electron chi connectivity index (χ2n) is 2.32. The van der Waals surface area contributed by atoms with E-state index in [1.807, 2.05) is 0 Å². The second kappa shape index (κ2) is 2.19. The van der Waals surface area contributed by atoms with Gasteiger partial charge in [-0.05, 0) is 0 Å². The summed E-state index contributed by atoms with van der Waals surface area (Å²) in [5.41, 5.74) is 3.16. The van der Waals surface area contributed by atoms with Gasteiger partial charge in [-0.25, -0.2) is 0 Å². The van der Waals surface area contributed by atoms with E-state index >= 15 is 0 Å². The summed E-state index contributed by atoms with van der Waals surface area (Å²) in [6.07, 6.45) is 0. The van der Waals surface area contributed by atoms with E-state index in [9.17, 15) is 0 Å². The summed E-state index contributed by atoms with van der Waals surface area (Å²) in [5, 5.41) is 0. The molecule has 0 radical (unpaired) electrons. The van der Waals surface area contributed by atoms with Crippen molar-refractivity contribution in [2.45, 2.75) is 25.5 Å². The maximum absolute atomic E-state index is 2.41. The summed E-state index contributed by atoms with van der Waals surface area (Å²) in [4.78, 5) is 2.41. The number of allylic oxidation sites excluding steroid dienone is 2. The van der Waals surface area contributed by atoms with Crippen molar-refractivity contribution in [3.63, 3.8) is 0 Å². The van der Waals surface area contributed by atoms with Crippen LogP contribution in [0, 0.1) is 0 Å². The molecular formula is C7H11As. The van der Waals surface area contributed by atoms with Crippen molar-refractivity contribution < 1.29 is 0 Å². The molecule has 1 rings (SSSR count). The van der Waals surface area contributed by atoms with Gasteiger partial charge in [-0.2, -0.15) is 0 Å². The molecule has 1 unspecified atom stereocenters. The van der Waals surface area contributed by atoms with Gasteiger partial charge >= 0.3 is 56.7 Å². The molecule has 1 aliphatic rings. The molecule has 8 heavy (non-hydrogen) atoms. The molecule has 0 fully saturated rings. The third-order valence-corrected chi connectivity index (χ3v) is 4.62. The van der Waals surface area contributed by atoms with E-state index in [0.717, 1.165) is 4.71 Å². The normalized spacial score (nSPS) is 29.6. The van der Waals surface area contributed by atoms with E-state index in [2.05, 4.69) is 25.6 Å². The summed E-state index contributed by atoms with van der Waals surface area (Å²) in [5.74, 6) is 0. The Kier molecular flexibility index (Phi) is 1.72. The Labute approximate surface area is 57.2 Å². The predicted octanol–water partition coefficient (Wildman–Crippen LogP) is 1.65. The van der Waals surface area contributed by atoms with Crippen molar-refractivity contribution in [1.82, 2.24) is 0 Å². The topological polar surface area (TPSA) is 0 Å². The molecule has 0 saturated heterocycles. The van der Waals surface area contributed by atoms with Crippen LogP contribution in [0.2, 0.25) is 4.71 Å². The number of hydrogen-bond acceptors (Lipinski definition) is 0. The van der Waals surface area contributed by atoms with Crippen molar-refractivity contribution in [3.8, 4) is 0 Å². The zero-order valence-electron chi connectivity index (χ0n) is 5.60. The molecule has 0 aliphatic carbocycles. The average Bonchev–Trinajstić information content (AvgIpc) is 1.98. The first-order valence-corrected chi connectivity index (χ1v) is 5.09. The molecule has 0 bridgehead atoms. The van der Waals surface area contributed by atoms with Crippen LogP contribution in [0.1, 0.15) is 20.8 Å². The summed E-state index contributed by atoms with van der Waals surface area (Å²) < 4.78 is 0.909. The Bertz CT molecular complexity index is 154. The van der Waals surface area contributed by atoms with Crippen molar-refractivity contribution in [3.05, 3.63) is 11.1 Å². The van der Waals surface area contributed by atoms with Crippen molar-refractivity contribution >= 4 is 20.1 Å². The molecule has 1 atom stereocenters. The second-order valence-corrected chi connectivity index (χ2v) is 5.11. The third kappa shape index (κ3) is 0.950. The van der Waals surface area contributed by atoms with E-state index in [0.29, 0.717) is 15.3 Å². The van der Waals surface area contributed by atoms with Gasteiger partial charge < -0.3 is 0 Å². The van der Waals surface area contributed by atoms with Crippen molar-refractivity contribution in [2.75, 3.05) is 0 Å². The monoisotopic (exact) mass is 170 g/mol. The van der Waals surface area contributed by atoms with Crippen molar-refractivity contribution in [1.29, 1.82) is 0 Å². The molecule has 1 heterocycles. The molecule has 0 aromatic heterocycles. The van der Waals surface area contributed by atoms with Crippen molar-refractivity contribution in [2.24, 2.45) is 0 Å². The molecule has 1 aliphatic heterocycles. The Hall–Kier alpha value is 0.168. The molecule has 0 aromatic carbocycles. The van der Waals surface area contributed by atoms with Gasteiger partial charge in [0.15, 0.2) is 0 Å². The minimum absolute atomic E-state index is 0.527. The fourth-order valence-corrected chi connectivity index (χ4v) is 3.03. The minimum atomic E-state index is 0.527. The zero-order chi connectivity index (χ0) is 6.15. The Morgan fingerprint density at radius 3 is 2.25 bits per heavy atom. The SMILES string of the molecule is CC1=C(C)C(C)[As]=C1. The van der Waals surface area contributed by atoms with E-state index in [1.165, 1.54) is 5.57 Å². The summed E-state index contributed by atoms with van der Waals surface area (Å²) in [7, 11) is 0. The van der Waals surface area contributed by atoms with Crippen LogP contribution in [0.15, 0.2) is 11.1 Å². The fraction of sp³-hybridized carbons (Fsp3) is 0.571. The van der Waals surface area contributed by atoms with E-state index < -0.39 is 0 Å². The zero-order valence-corrected chi connectivity index (χ0v) is 7.48. The van der Waals surface area contributed by atoms with Gasteiger partial charge in [0.05, 0.1) is 0 Å². The van der Waals surface area contributed by atoms with Crippen LogP contribution >= 0.6 is 0 Å². The van der Waals surface area contributed by atoms with E-state index in [4.69, 9.17) is 0 Å². The summed E-state index contributed by atoms with van der Waals surface area (Å²) in [6.45, 7) is 6.79. The van der Waals surface area contributed by atoms with Gasteiger partial charge in [-0.3, -0.25) is 0 Å². The molecule has 44 valence electrons. The first-order valence-electron chi connectivity index (χ1n) is 2.92. The summed E-state index contributed by atoms with van der Waals surface area (Å²) >= 11 is 0.527. The van der Waals surface area contributed by atoms with Gasteiger partial charge in [0.2, 0.25) is 0 Å². The molecule has 0 saturated carbocycles. The number of rotatable bonds is 0. The standard InChI is InChI=1S/C7H11As/c1-5-4-8-7(3)6(5)2/h4,7H,1-3H3. The first-order chi connectivity index (χ1) is 3.72. The first kappa shape index (κ1) is 6.29. The van der Waals surface area contributed by atoms with Crippen LogP contribution in [0.4, 0.5) is 0 Å². The average molecular weight is 170 g/mol. The van der Waals surface area contributed by atoms with Crippen LogP contribution < -0.4 is 0 Å². The van der Waals surface area contributed by atoms with Crippen LogP contribution in [0.5, 0.6) is 0 Å². The van der Waals surface area contributed by atoms with Gasteiger partial charge in [-0.1, -0.05) is 0 Å². The van der Waals surface area contributed by atoms with Crippen LogP contribution in [0.25, 0.3) is 0 Å². The quantitative estimate of drug-likeness (QED) is 0.485. The molecule has 0 amide bonds. The molecule has 0 N–H and O–H groups in total. The third-order valence-electron chi connectivity index (χ3n) is 1.74. The van der Waals surface area contributed by atoms with Gasteiger partial charge in [-0.15, -0.1) is 0 Å². The van der Waals surface area contributed by atoms with Gasteiger partial charge in [0, 0.05) is 0 Å². The van der Waals surface area contributed by atoms with Gasteiger partial charge in [0.1, 0.15) is 0 Å².